The number of carboxylic acids is 1. The van der Waals surface area contributed by atoms with Gasteiger partial charge in [-0.3, -0.25) is 4.79 Å². The van der Waals surface area contributed by atoms with Crippen molar-refractivity contribution in [3.8, 4) is 0 Å². The van der Waals surface area contributed by atoms with Crippen LogP contribution in [-0.4, -0.2) is 17.1 Å². The molecule has 5 heteroatoms. The SMILES string of the molecule is CC(NCc1ccc(F)cc1F)C(=O)O. The summed E-state index contributed by atoms with van der Waals surface area (Å²) < 4.78 is 25.6. The zero-order valence-electron chi connectivity index (χ0n) is 8.13. The van der Waals surface area contributed by atoms with Crippen molar-refractivity contribution in [2.45, 2.75) is 19.5 Å². The second-order valence-electron chi connectivity index (χ2n) is 3.18. The molecule has 1 unspecified atom stereocenters. The van der Waals surface area contributed by atoms with Crippen molar-refractivity contribution >= 4 is 5.97 Å². The fourth-order valence-corrected chi connectivity index (χ4v) is 1.02. The third kappa shape index (κ3) is 3.28. The molecule has 1 rings (SSSR count). The first-order valence-corrected chi connectivity index (χ1v) is 4.41. The van der Waals surface area contributed by atoms with Crippen molar-refractivity contribution in [2.75, 3.05) is 0 Å². The molecule has 0 aliphatic heterocycles. The summed E-state index contributed by atoms with van der Waals surface area (Å²) in [5.41, 5.74) is 0.240. The Morgan fingerprint density at radius 3 is 2.73 bits per heavy atom. The zero-order valence-corrected chi connectivity index (χ0v) is 8.13. The Morgan fingerprint density at radius 2 is 2.20 bits per heavy atom. The Labute approximate surface area is 85.7 Å². The van der Waals surface area contributed by atoms with Crippen LogP contribution >= 0.6 is 0 Å². The Bertz CT molecular complexity index is 368. The minimum absolute atomic E-state index is 0.0551. The Balaban J connectivity index is 2.62. The van der Waals surface area contributed by atoms with Crippen LogP contribution in [0.25, 0.3) is 0 Å². The number of hydrogen-bond donors (Lipinski definition) is 2. The van der Waals surface area contributed by atoms with Gasteiger partial charge in [-0.05, 0) is 13.0 Å². The lowest BCUT2D eigenvalue weighted by molar-refractivity contribution is -0.139. The van der Waals surface area contributed by atoms with Crippen LogP contribution in [-0.2, 0) is 11.3 Å². The van der Waals surface area contributed by atoms with Crippen molar-refractivity contribution < 1.29 is 18.7 Å². The first-order valence-electron chi connectivity index (χ1n) is 4.41. The maximum Gasteiger partial charge on any atom is 0.320 e. The lowest BCUT2D eigenvalue weighted by atomic mass is 10.2. The molecule has 0 aliphatic rings. The third-order valence-corrected chi connectivity index (χ3v) is 1.98. The molecule has 0 fully saturated rings. The van der Waals surface area contributed by atoms with Crippen LogP contribution in [0.15, 0.2) is 18.2 Å². The van der Waals surface area contributed by atoms with Crippen LogP contribution in [0.4, 0.5) is 8.78 Å². The standard InChI is InChI=1S/C10H11F2NO2/c1-6(10(14)15)13-5-7-2-3-8(11)4-9(7)12/h2-4,6,13H,5H2,1H3,(H,14,15). The van der Waals surface area contributed by atoms with Gasteiger partial charge in [-0.15, -0.1) is 0 Å². The van der Waals surface area contributed by atoms with Crippen molar-refractivity contribution in [2.24, 2.45) is 0 Å². The quantitative estimate of drug-likeness (QED) is 0.800. The van der Waals surface area contributed by atoms with E-state index in [-0.39, 0.29) is 12.1 Å². The number of carbonyl (C=O) groups is 1. The maximum absolute atomic E-state index is 13.1. The topological polar surface area (TPSA) is 49.3 Å². The summed E-state index contributed by atoms with van der Waals surface area (Å²) in [5, 5.41) is 11.2. The number of aliphatic carboxylic acids is 1. The van der Waals surface area contributed by atoms with Gasteiger partial charge in [-0.2, -0.15) is 0 Å². The van der Waals surface area contributed by atoms with Crippen molar-refractivity contribution in [1.29, 1.82) is 0 Å². The lowest BCUT2D eigenvalue weighted by Crippen LogP contribution is -2.33. The molecule has 2 N–H and O–H groups in total. The molecule has 0 amide bonds. The normalized spacial score (nSPS) is 12.5. The summed E-state index contributed by atoms with van der Waals surface area (Å²) >= 11 is 0. The van der Waals surface area contributed by atoms with Gasteiger partial charge in [0.2, 0.25) is 0 Å². The predicted octanol–water partition coefficient (Wildman–Crippen LogP) is 1.53. The summed E-state index contributed by atoms with van der Waals surface area (Å²) in [6, 6.07) is 2.41. The summed E-state index contributed by atoms with van der Waals surface area (Å²) in [5.74, 6) is -2.35. The molecule has 15 heavy (non-hydrogen) atoms. The van der Waals surface area contributed by atoms with Gasteiger partial charge in [-0.25, -0.2) is 8.78 Å². The third-order valence-electron chi connectivity index (χ3n) is 1.98. The van der Waals surface area contributed by atoms with E-state index in [1.165, 1.54) is 13.0 Å². The van der Waals surface area contributed by atoms with Gasteiger partial charge < -0.3 is 10.4 Å². The Morgan fingerprint density at radius 1 is 1.53 bits per heavy atom. The molecule has 0 spiro atoms. The smallest absolute Gasteiger partial charge is 0.320 e. The van der Waals surface area contributed by atoms with Crippen molar-refractivity contribution in [3.05, 3.63) is 35.4 Å². The molecule has 0 aromatic heterocycles. The monoisotopic (exact) mass is 215 g/mol. The van der Waals surface area contributed by atoms with Crippen LogP contribution in [0.1, 0.15) is 12.5 Å². The molecular formula is C10H11F2NO2. The number of halogens is 2. The fraction of sp³-hybridized carbons (Fsp3) is 0.300. The molecule has 0 saturated carbocycles. The molecule has 0 radical (unpaired) electrons. The van der Waals surface area contributed by atoms with Crippen LogP contribution in [0.3, 0.4) is 0 Å². The largest absolute Gasteiger partial charge is 0.480 e. The summed E-state index contributed by atoms with van der Waals surface area (Å²) in [7, 11) is 0. The van der Waals surface area contributed by atoms with E-state index in [9.17, 15) is 13.6 Å². The first kappa shape index (κ1) is 11.6. The van der Waals surface area contributed by atoms with Crippen LogP contribution in [0, 0.1) is 11.6 Å². The second-order valence-corrected chi connectivity index (χ2v) is 3.18. The summed E-state index contributed by atoms with van der Waals surface area (Å²) in [4.78, 5) is 10.4. The van der Waals surface area contributed by atoms with E-state index in [0.717, 1.165) is 12.1 Å². The van der Waals surface area contributed by atoms with E-state index in [2.05, 4.69) is 5.32 Å². The van der Waals surface area contributed by atoms with Gasteiger partial charge in [0.05, 0.1) is 0 Å². The average molecular weight is 215 g/mol. The molecule has 0 heterocycles. The Kier molecular flexibility index (Phi) is 3.74. The minimum atomic E-state index is -1.02. The predicted molar refractivity (Wildman–Crippen MR) is 50.3 cm³/mol. The summed E-state index contributed by atoms with van der Waals surface area (Å²) in [6.45, 7) is 1.50. The molecule has 3 nitrogen and oxygen atoms in total. The average Bonchev–Trinajstić information content (AvgIpc) is 2.15. The molecule has 0 aliphatic carbocycles. The minimum Gasteiger partial charge on any atom is -0.480 e. The van der Waals surface area contributed by atoms with Gasteiger partial charge in [0.1, 0.15) is 17.7 Å². The molecule has 0 saturated heterocycles. The number of rotatable bonds is 4. The lowest BCUT2D eigenvalue weighted by Gasteiger charge is -2.09. The first-order chi connectivity index (χ1) is 7.00. The van der Waals surface area contributed by atoms with Crippen LogP contribution in [0.2, 0.25) is 0 Å². The van der Waals surface area contributed by atoms with Crippen LogP contribution < -0.4 is 5.32 Å². The van der Waals surface area contributed by atoms with E-state index in [0.29, 0.717) is 0 Å². The highest BCUT2D eigenvalue weighted by Crippen LogP contribution is 2.09. The zero-order chi connectivity index (χ0) is 11.4. The highest BCUT2D eigenvalue weighted by molar-refractivity contribution is 5.72. The van der Waals surface area contributed by atoms with E-state index in [1.54, 1.807) is 0 Å². The van der Waals surface area contributed by atoms with Crippen molar-refractivity contribution in [3.63, 3.8) is 0 Å². The molecule has 0 bridgehead atoms. The van der Waals surface area contributed by atoms with Gasteiger partial charge in [0.15, 0.2) is 0 Å². The highest BCUT2D eigenvalue weighted by Gasteiger charge is 2.11. The highest BCUT2D eigenvalue weighted by atomic mass is 19.1. The molecule has 1 atom stereocenters. The van der Waals surface area contributed by atoms with E-state index < -0.39 is 23.6 Å². The fourth-order valence-electron chi connectivity index (χ4n) is 1.02. The second kappa shape index (κ2) is 4.84. The van der Waals surface area contributed by atoms with Gasteiger partial charge in [0.25, 0.3) is 0 Å². The van der Waals surface area contributed by atoms with Gasteiger partial charge in [0, 0.05) is 18.2 Å². The van der Waals surface area contributed by atoms with E-state index in [1.807, 2.05) is 0 Å². The molecule has 1 aromatic rings. The van der Waals surface area contributed by atoms with Crippen molar-refractivity contribution in [1.82, 2.24) is 5.32 Å². The van der Waals surface area contributed by atoms with Gasteiger partial charge >= 0.3 is 5.97 Å². The summed E-state index contributed by atoms with van der Waals surface area (Å²) in [6.07, 6.45) is 0. The molecule has 82 valence electrons. The van der Waals surface area contributed by atoms with Crippen LogP contribution in [0.5, 0.6) is 0 Å². The number of benzene rings is 1. The number of nitrogens with one attached hydrogen (secondary N) is 1. The van der Waals surface area contributed by atoms with E-state index >= 15 is 0 Å². The number of hydrogen-bond acceptors (Lipinski definition) is 2. The van der Waals surface area contributed by atoms with E-state index in [4.69, 9.17) is 5.11 Å². The molecular weight excluding hydrogens is 204 g/mol. The number of carboxylic acid groups (broad SMARTS) is 1. The van der Waals surface area contributed by atoms with Gasteiger partial charge in [-0.1, -0.05) is 6.07 Å². The molecule has 1 aromatic carbocycles. The Hall–Kier alpha value is -1.49. The maximum atomic E-state index is 13.1.